The lowest BCUT2D eigenvalue weighted by molar-refractivity contribution is -0.127. The topological polar surface area (TPSA) is 58.6 Å². The van der Waals surface area contributed by atoms with E-state index < -0.39 is 18.0 Å². The smallest absolute Gasteiger partial charge is 0.260 e. The van der Waals surface area contributed by atoms with E-state index in [0.29, 0.717) is 6.42 Å². The van der Waals surface area contributed by atoms with Gasteiger partial charge in [0.25, 0.3) is 5.91 Å². The Bertz CT molecular complexity index is 633. The molecule has 0 saturated heterocycles. The molecule has 122 valence electrons. The third-order valence-electron chi connectivity index (χ3n) is 3.30. The number of halogens is 1. The molecule has 0 heterocycles. The monoisotopic (exact) mass is 317 g/mol. The van der Waals surface area contributed by atoms with Crippen molar-refractivity contribution in [1.29, 1.82) is 0 Å². The van der Waals surface area contributed by atoms with Crippen LogP contribution in [0.25, 0.3) is 0 Å². The molecule has 4 nitrogen and oxygen atoms in total. The van der Waals surface area contributed by atoms with Crippen LogP contribution in [-0.2, 0) is 11.2 Å². The molecule has 0 aliphatic heterocycles. The number of rotatable bonds is 7. The Labute approximate surface area is 134 Å². The quantitative estimate of drug-likeness (QED) is 0.824. The summed E-state index contributed by atoms with van der Waals surface area (Å²) in [5.74, 6) is -0.493. The van der Waals surface area contributed by atoms with Crippen molar-refractivity contribution in [3.05, 3.63) is 66.0 Å². The van der Waals surface area contributed by atoms with E-state index >= 15 is 0 Å². The molecule has 2 atom stereocenters. The highest BCUT2D eigenvalue weighted by atomic mass is 19.1. The molecule has 2 unspecified atom stereocenters. The molecule has 2 aromatic carbocycles. The Morgan fingerprint density at radius 2 is 1.96 bits per heavy atom. The number of nitrogens with one attached hydrogen (secondary N) is 1. The predicted octanol–water partition coefficient (Wildman–Crippen LogP) is 2.31. The molecule has 0 spiro atoms. The summed E-state index contributed by atoms with van der Waals surface area (Å²) in [5.41, 5.74) is 0.998. The van der Waals surface area contributed by atoms with Gasteiger partial charge < -0.3 is 15.2 Å². The van der Waals surface area contributed by atoms with Crippen molar-refractivity contribution >= 4 is 5.91 Å². The number of hydrogen-bond donors (Lipinski definition) is 2. The third kappa shape index (κ3) is 5.71. The van der Waals surface area contributed by atoms with Gasteiger partial charge in [0.1, 0.15) is 11.6 Å². The van der Waals surface area contributed by atoms with Crippen LogP contribution >= 0.6 is 0 Å². The number of benzene rings is 2. The Kier molecular flexibility index (Phi) is 6.11. The number of carbonyl (C=O) groups is 1. The molecule has 0 aromatic heterocycles. The van der Waals surface area contributed by atoms with Crippen LogP contribution in [0.4, 0.5) is 4.39 Å². The highest BCUT2D eigenvalue weighted by molar-refractivity contribution is 5.80. The first-order valence-electron chi connectivity index (χ1n) is 7.46. The lowest BCUT2D eigenvalue weighted by Crippen LogP contribution is -2.40. The van der Waals surface area contributed by atoms with Gasteiger partial charge in [0, 0.05) is 19.0 Å². The van der Waals surface area contributed by atoms with Crippen LogP contribution in [0.5, 0.6) is 5.75 Å². The lowest BCUT2D eigenvalue weighted by atomic mass is 10.1. The minimum Gasteiger partial charge on any atom is -0.481 e. The summed E-state index contributed by atoms with van der Waals surface area (Å²) in [4.78, 5) is 11.9. The average Bonchev–Trinajstić information content (AvgIpc) is 2.53. The van der Waals surface area contributed by atoms with Gasteiger partial charge in [0.2, 0.25) is 0 Å². The Morgan fingerprint density at radius 3 is 2.65 bits per heavy atom. The largest absolute Gasteiger partial charge is 0.481 e. The van der Waals surface area contributed by atoms with Crippen molar-refractivity contribution in [2.45, 2.75) is 25.6 Å². The zero-order valence-electron chi connectivity index (χ0n) is 12.9. The number of ether oxygens (including phenoxy) is 1. The SMILES string of the molecule is CC(Oc1cccc(F)c1)C(=O)NCC(O)Cc1ccccc1. The number of carbonyl (C=O) groups excluding carboxylic acids is 1. The van der Waals surface area contributed by atoms with Gasteiger partial charge >= 0.3 is 0 Å². The lowest BCUT2D eigenvalue weighted by Gasteiger charge is -2.17. The highest BCUT2D eigenvalue weighted by Crippen LogP contribution is 2.13. The molecular weight excluding hydrogens is 297 g/mol. The van der Waals surface area contributed by atoms with Gasteiger partial charge in [-0.25, -0.2) is 4.39 Å². The van der Waals surface area contributed by atoms with Crippen LogP contribution in [0.2, 0.25) is 0 Å². The van der Waals surface area contributed by atoms with E-state index in [-0.39, 0.29) is 18.2 Å². The van der Waals surface area contributed by atoms with Gasteiger partial charge in [-0.1, -0.05) is 36.4 Å². The van der Waals surface area contributed by atoms with Crippen LogP contribution in [0.3, 0.4) is 0 Å². The van der Waals surface area contributed by atoms with E-state index in [4.69, 9.17) is 4.74 Å². The Balaban J connectivity index is 1.77. The van der Waals surface area contributed by atoms with Crippen molar-refractivity contribution in [3.8, 4) is 5.75 Å². The van der Waals surface area contributed by atoms with Crippen LogP contribution in [0, 0.1) is 5.82 Å². The van der Waals surface area contributed by atoms with E-state index in [0.717, 1.165) is 5.56 Å². The standard InChI is InChI=1S/C18H20FNO3/c1-13(23-17-9-5-8-15(19)11-17)18(22)20-12-16(21)10-14-6-3-2-4-7-14/h2-9,11,13,16,21H,10,12H2,1H3,(H,20,22). The maximum Gasteiger partial charge on any atom is 0.260 e. The minimum atomic E-state index is -0.777. The molecule has 2 rings (SSSR count). The minimum absolute atomic E-state index is 0.130. The molecule has 2 aromatic rings. The second-order valence-electron chi connectivity index (χ2n) is 5.31. The predicted molar refractivity (Wildman–Crippen MR) is 85.7 cm³/mol. The molecule has 0 aliphatic carbocycles. The van der Waals surface area contributed by atoms with Crippen molar-refractivity contribution in [2.24, 2.45) is 0 Å². The molecule has 0 saturated carbocycles. The number of hydrogen-bond acceptors (Lipinski definition) is 3. The summed E-state index contributed by atoms with van der Waals surface area (Å²) in [6, 6.07) is 15.2. The molecular formula is C18H20FNO3. The fraction of sp³-hybridized carbons (Fsp3) is 0.278. The zero-order valence-corrected chi connectivity index (χ0v) is 12.9. The first kappa shape index (κ1) is 17.0. The second-order valence-corrected chi connectivity index (χ2v) is 5.31. The molecule has 0 radical (unpaired) electrons. The number of aliphatic hydroxyl groups is 1. The van der Waals surface area contributed by atoms with Gasteiger partial charge in [-0.15, -0.1) is 0 Å². The molecule has 0 bridgehead atoms. The first-order chi connectivity index (χ1) is 11.0. The summed E-state index contributed by atoms with van der Waals surface area (Å²) >= 11 is 0. The Hall–Kier alpha value is -2.40. The summed E-state index contributed by atoms with van der Waals surface area (Å²) in [6.07, 6.45) is -0.997. The summed E-state index contributed by atoms with van der Waals surface area (Å²) in [5, 5.41) is 12.6. The molecule has 1 amide bonds. The molecule has 2 N–H and O–H groups in total. The maximum absolute atomic E-state index is 13.1. The Morgan fingerprint density at radius 1 is 1.22 bits per heavy atom. The fourth-order valence-electron chi connectivity index (χ4n) is 2.12. The highest BCUT2D eigenvalue weighted by Gasteiger charge is 2.16. The van der Waals surface area contributed by atoms with Gasteiger partial charge in [-0.3, -0.25) is 4.79 Å². The molecule has 0 aliphatic rings. The first-order valence-corrected chi connectivity index (χ1v) is 7.46. The second kappa shape index (κ2) is 8.29. The molecule has 0 fully saturated rings. The zero-order chi connectivity index (χ0) is 16.7. The van der Waals surface area contributed by atoms with Crippen molar-refractivity contribution in [1.82, 2.24) is 5.32 Å². The summed E-state index contributed by atoms with van der Waals surface area (Å²) in [7, 11) is 0. The summed E-state index contributed by atoms with van der Waals surface area (Å²) in [6.45, 7) is 1.70. The summed E-state index contributed by atoms with van der Waals surface area (Å²) < 4.78 is 18.4. The normalized spacial score (nSPS) is 13.2. The van der Waals surface area contributed by atoms with Gasteiger partial charge in [0.15, 0.2) is 6.10 Å². The van der Waals surface area contributed by atoms with E-state index in [2.05, 4.69) is 5.32 Å². The van der Waals surface area contributed by atoms with Crippen LogP contribution in [0.1, 0.15) is 12.5 Å². The van der Waals surface area contributed by atoms with Crippen LogP contribution in [0.15, 0.2) is 54.6 Å². The van der Waals surface area contributed by atoms with Gasteiger partial charge in [0.05, 0.1) is 6.10 Å². The van der Waals surface area contributed by atoms with E-state index in [1.807, 2.05) is 30.3 Å². The van der Waals surface area contributed by atoms with Gasteiger partial charge in [-0.2, -0.15) is 0 Å². The van der Waals surface area contributed by atoms with Gasteiger partial charge in [-0.05, 0) is 24.6 Å². The average molecular weight is 317 g/mol. The molecule has 5 heteroatoms. The fourth-order valence-corrected chi connectivity index (χ4v) is 2.12. The molecule has 23 heavy (non-hydrogen) atoms. The van der Waals surface area contributed by atoms with E-state index in [1.165, 1.54) is 18.2 Å². The van der Waals surface area contributed by atoms with Crippen LogP contribution < -0.4 is 10.1 Å². The maximum atomic E-state index is 13.1. The number of aliphatic hydroxyl groups excluding tert-OH is 1. The van der Waals surface area contributed by atoms with Crippen molar-refractivity contribution < 1.29 is 19.0 Å². The van der Waals surface area contributed by atoms with E-state index in [9.17, 15) is 14.3 Å². The van der Waals surface area contributed by atoms with Crippen molar-refractivity contribution in [2.75, 3.05) is 6.54 Å². The van der Waals surface area contributed by atoms with Crippen LogP contribution in [-0.4, -0.2) is 29.8 Å². The third-order valence-corrected chi connectivity index (χ3v) is 3.30. The number of amides is 1. The van der Waals surface area contributed by atoms with Crippen molar-refractivity contribution in [3.63, 3.8) is 0 Å². The van der Waals surface area contributed by atoms with E-state index in [1.54, 1.807) is 13.0 Å².